The number of esters is 2. The molecule has 3 N–H and O–H groups in total. The van der Waals surface area contributed by atoms with Crippen LogP contribution in [0.3, 0.4) is 0 Å². The van der Waals surface area contributed by atoms with Gasteiger partial charge in [0.25, 0.3) is 11.8 Å². The van der Waals surface area contributed by atoms with E-state index >= 15 is 0 Å². The maximum Gasteiger partial charge on any atom is 0.397 e. The average molecular weight is 1510 g/mol. The number of piperidine rings is 1. The fourth-order valence-corrected chi connectivity index (χ4v) is 12.4. The van der Waals surface area contributed by atoms with Gasteiger partial charge >= 0.3 is 23.8 Å². The van der Waals surface area contributed by atoms with Crippen LogP contribution in [-0.2, 0) is 83.5 Å². The van der Waals surface area contributed by atoms with E-state index in [9.17, 15) is 58.6 Å². The number of hydroxylamine groups is 2. The fraction of sp³-hybridized carbons (Fsp3) is 0.560. The van der Waals surface area contributed by atoms with Crippen LogP contribution >= 0.6 is 0 Å². The lowest BCUT2D eigenvalue weighted by Gasteiger charge is -2.48. The molecule has 1 aliphatic carbocycles. The first-order chi connectivity index (χ1) is 51.4. The number of aliphatic hydroxyl groups is 2. The summed E-state index contributed by atoms with van der Waals surface area (Å²) in [6, 6.07) is 29.6. The molecule has 0 bridgehead atoms. The SMILES string of the molecule is CC1(C)CCCC(C)(C)N1O.CC1CCCC1.CCC(=O)C1=C(O)C(=O)N(Cc2ccc(OC)cc2)CC1.CCC(=O)C1=C(OC)C(=O)N(Cc2ccc(OC)cc2)CC1.CCOC(=O)C(=O)N(CCCC(=O)CC)Cc1ccc(OC)cc1.CCOC(=O)C(=O)N(CCCC(O)CC)Cc1ccc(OC)cc1. The minimum atomic E-state index is -0.868. The number of amides is 4. The molecule has 1 atom stereocenters. The predicted octanol–water partition coefficient (Wildman–Crippen LogP) is 13.6. The molecule has 4 aromatic carbocycles. The third kappa shape index (κ3) is 31.6. The molecule has 1 saturated heterocycles. The van der Waals surface area contributed by atoms with Crippen LogP contribution in [0.4, 0.5) is 0 Å². The minimum absolute atomic E-state index is 0.0192. The van der Waals surface area contributed by atoms with E-state index in [-0.39, 0.29) is 71.5 Å². The first-order valence-corrected chi connectivity index (χ1v) is 37.9. The normalized spacial score (nSPS) is 15.4. The van der Waals surface area contributed by atoms with Crippen molar-refractivity contribution in [1.82, 2.24) is 24.7 Å². The number of hydrogen-bond acceptors (Lipinski definition) is 20. The van der Waals surface area contributed by atoms with Crippen molar-refractivity contribution in [2.75, 3.05) is 74.9 Å². The summed E-state index contributed by atoms with van der Waals surface area (Å²) >= 11 is 0. The molecule has 24 heteroatoms. The summed E-state index contributed by atoms with van der Waals surface area (Å²) < 4.78 is 35.2. The lowest BCUT2D eigenvalue weighted by Crippen LogP contribution is -2.56. The molecule has 1 saturated carbocycles. The van der Waals surface area contributed by atoms with Gasteiger partial charge in [-0.3, -0.25) is 33.6 Å². The fourth-order valence-electron chi connectivity index (χ4n) is 12.4. The van der Waals surface area contributed by atoms with Gasteiger partial charge in [-0.1, -0.05) is 109 Å². The Balaban J connectivity index is 0.000000348. The molecule has 0 spiro atoms. The van der Waals surface area contributed by atoms with Crippen LogP contribution in [0.5, 0.6) is 23.0 Å². The monoisotopic (exact) mass is 1510 g/mol. The van der Waals surface area contributed by atoms with E-state index in [0.717, 1.165) is 64.0 Å². The highest BCUT2D eigenvalue weighted by Crippen LogP contribution is 2.36. The number of Topliss-reactive ketones (excluding diaryl/α,β-unsaturated/α-hetero) is 3. The lowest BCUT2D eigenvalue weighted by molar-refractivity contribution is -0.241. The first kappa shape index (κ1) is 93.1. The van der Waals surface area contributed by atoms with Crippen LogP contribution in [0, 0.1) is 5.92 Å². The van der Waals surface area contributed by atoms with E-state index in [0.29, 0.717) is 116 Å². The van der Waals surface area contributed by atoms with E-state index in [2.05, 4.69) is 34.6 Å². The van der Waals surface area contributed by atoms with Gasteiger partial charge in [0.2, 0.25) is 0 Å². The van der Waals surface area contributed by atoms with Crippen molar-refractivity contribution < 1.29 is 91.7 Å². The van der Waals surface area contributed by atoms with Gasteiger partial charge in [-0.2, -0.15) is 5.06 Å². The van der Waals surface area contributed by atoms with Crippen LogP contribution < -0.4 is 18.9 Å². The first-order valence-electron chi connectivity index (χ1n) is 37.9. The van der Waals surface area contributed by atoms with Crippen molar-refractivity contribution in [3.8, 4) is 23.0 Å². The third-order valence-corrected chi connectivity index (χ3v) is 19.0. The smallest absolute Gasteiger partial charge is 0.397 e. The zero-order valence-corrected chi connectivity index (χ0v) is 67.1. The van der Waals surface area contributed by atoms with Crippen molar-refractivity contribution in [2.45, 2.75) is 229 Å². The zero-order valence-electron chi connectivity index (χ0n) is 67.1. The molecular formula is C84H123N5O19. The molecule has 4 aromatic rings. The van der Waals surface area contributed by atoms with Crippen molar-refractivity contribution in [2.24, 2.45) is 5.92 Å². The Bertz CT molecular complexity index is 3490. The molecule has 598 valence electrons. The lowest BCUT2D eigenvalue weighted by atomic mass is 9.82. The molecule has 3 heterocycles. The van der Waals surface area contributed by atoms with E-state index in [1.807, 2.05) is 91.9 Å². The number of aliphatic hydroxyl groups excluding tert-OH is 2. The van der Waals surface area contributed by atoms with E-state index in [1.165, 1.54) is 54.1 Å². The zero-order chi connectivity index (χ0) is 80.5. The Morgan fingerprint density at radius 2 is 0.898 bits per heavy atom. The van der Waals surface area contributed by atoms with Gasteiger partial charge in [-0.15, -0.1) is 0 Å². The molecule has 4 amide bonds. The number of carbonyl (C=O) groups is 9. The number of nitrogens with zero attached hydrogens (tertiary/aromatic N) is 5. The highest BCUT2D eigenvalue weighted by Gasteiger charge is 2.40. The Hall–Kier alpha value is -9.13. The maximum absolute atomic E-state index is 12.5. The topological polar surface area (TPSA) is 295 Å². The minimum Gasteiger partial charge on any atom is -0.503 e. The molecule has 4 aliphatic rings. The second-order valence-corrected chi connectivity index (χ2v) is 28.0. The van der Waals surface area contributed by atoms with Gasteiger partial charge in [0.05, 0.1) is 54.9 Å². The van der Waals surface area contributed by atoms with Crippen LogP contribution in [0.2, 0.25) is 0 Å². The summed E-state index contributed by atoms with van der Waals surface area (Å²) in [7, 11) is 7.82. The van der Waals surface area contributed by atoms with Crippen LogP contribution in [0.1, 0.15) is 208 Å². The van der Waals surface area contributed by atoms with Gasteiger partial charge < -0.3 is 68.2 Å². The summed E-state index contributed by atoms with van der Waals surface area (Å²) in [5.41, 5.74) is 4.41. The molecule has 108 heavy (non-hydrogen) atoms. The van der Waals surface area contributed by atoms with Crippen molar-refractivity contribution >= 4 is 52.9 Å². The van der Waals surface area contributed by atoms with E-state index in [1.54, 1.807) is 85.0 Å². The van der Waals surface area contributed by atoms with Crippen LogP contribution in [0.25, 0.3) is 0 Å². The second kappa shape index (κ2) is 49.0. The maximum atomic E-state index is 12.5. The number of carbonyl (C=O) groups excluding carboxylic acids is 9. The Morgan fingerprint density at radius 3 is 1.24 bits per heavy atom. The standard InChI is InChI=1S/C18H27NO5.C18H25NO5.C17H21NO4.C16H19NO4.C9H19NO.C6H12/c2*1-4-15(20)7-6-12-19(17(21)18(22)24-5-2)13-14-8-10-16(23-3)11-9-14;1-4-15(19)14-9-10-18(17(20)16(14)22-3)11-12-5-7-13(21-2)8-6-12;1-3-14(18)13-8-9-17(16(20)15(13)19)10-11-4-6-12(21-2)7-5-11;1-8(2)6-5-7-9(3,4)10(8)11;1-6-4-2-3-5-6/h8-11,15,20H,4-7,12-13H2,1-3H3;8-11H,4-7,12-13H2,1-3H3;5-8H,4,9-11H2,1-3H3;4-7,19H,3,8-10H2,1-2H3;11H,5-7H2,1-4H3;6H,2-5H2,1H3. The van der Waals surface area contributed by atoms with Crippen molar-refractivity contribution in [3.05, 3.63) is 142 Å². The molecule has 2 fully saturated rings. The Kier molecular flexibility index (Phi) is 42.3. The predicted molar refractivity (Wildman–Crippen MR) is 414 cm³/mol. The molecule has 8 rings (SSSR count). The quantitative estimate of drug-likeness (QED) is 0.0336. The van der Waals surface area contributed by atoms with Crippen molar-refractivity contribution in [3.63, 3.8) is 0 Å². The summed E-state index contributed by atoms with van der Waals surface area (Å²) in [4.78, 5) is 114. The number of rotatable bonds is 29. The average Bonchev–Trinajstić information content (AvgIpc) is 0.848. The number of ketones is 3. The molecule has 1 unspecified atom stereocenters. The number of hydrogen-bond donors (Lipinski definition) is 3. The molecule has 0 radical (unpaired) electrons. The highest BCUT2D eigenvalue weighted by molar-refractivity contribution is 6.32. The van der Waals surface area contributed by atoms with Gasteiger partial charge in [-0.05, 0) is 176 Å². The Morgan fingerprint density at radius 1 is 0.519 bits per heavy atom. The summed E-state index contributed by atoms with van der Waals surface area (Å²) in [6.07, 6.45) is 13.9. The number of methoxy groups -OCH3 is 5. The third-order valence-electron chi connectivity index (χ3n) is 19.0. The summed E-state index contributed by atoms with van der Waals surface area (Å²) in [6.45, 7) is 24.7. The molecule has 0 aromatic heterocycles. The van der Waals surface area contributed by atoms with Crippen LogP contribution in [0.15, 0.2) is 120 Å². The van der Waals surface area contributed by atoms with Gasteiger partial charge in [0.15, 0.2) is 23.1 Å². The second-order valence-electron chi connectivity index (χ2n) is 28.0. The molecule has 3 aliphatic heterocycles. The van der Waals surface area contributed by atoms with E-state index in [4.69, 9.17) is 33.2 Å². The van der Waals surface area contributed by atoms with E-state index < -0.39 is 35.4 Å². The molecular weight excluding hydrogens is 1380 g/mol. The van der Waals surface area contributed by atoms with Gasteiger partial charge in [0.1, 0.15) is 28.8 Å². The highest BCUT2D eigenvalue weighted by atomic mass is 16.5. The number of benzene rings is 4. The molecule has 24 nitrogen and oxygen atoms in total. The van der Waals surface area contributed by atoms with Crippen LogP contribution in [-0.4, -0.2) is 185 Å². The van der Waals surface area contributed by atoms with Gasteiger partial charge in [-0.25, -0.2) is 9.59 Å². The van der Waals surface area contributed by atoms with Crippen molar-refractivity contribution in [1.29, 1.82) is 0 Å². The summed E-state index contributed by atoms with van der Waals surface area (Å²) in [5.74, 6) is 0.0220. The summed E-state index contributed by atoms with van der Waals surface area (Å²) in [5, 5.41) is 30.9. The largest absolute Gasteiger partial charge is 0.503 e. The number of ether oxygens (including phenoxy) is 7. The van der Waals surface area contributed by atoms with Gasteiger partial charge in [0, 0.05) is 100 Å². The Labute approximate surface area is 641 Å².